The molecule has 2 heteroatoms. The van der Waals surface area contributed by atoms with Crippen molar-refractivity contribution in [2.24, 2.45) is 0 Å². The van der Waals surface area contributed by atoms with Crippen molar-refractivity contribution in [3.8, 4) is 0 Å². The zero-order chi connectivity index (χ0) is 3.54. The molecule has 0 saturated carbocycles. The molecule has 0 aromatic carbocycles. The van der Waals surface area contributed by atoms with E-state index in [1.807, 2.05) is 0 Å². The summed E-state index contributed by atoms with van der Waals surface area (Å²) in [6.07, 6.45) is 1.57. The standard InChI is InChI=1S/C3H2BO/c1-2-4-5-3-1/h1,3H. The molecule has 1 aromatic heterocycles. The fourth-order valence-corrected chi connectivity index (χ4v) is 0.196. The van der Waals surface area contributed by atoms with E-state index < -0.39 is 0 Å². The van der Waals surface area contributed by atoms with Crippen LogP contribution in [0.15, 0.2) is 16.7 Å². The first-order chi connectivity index (χ1) is 2.50. The second-order valence-corrected chi connectivity index (χ2v) is 0.723. The quantitative estimate of drug-likeness (QED) is 0.426. The molecule has 0 saturated heterocycles. The van der Waals surface area contributed by atoms with Crippen molar-refractivity contribution in [2.75, 3.05) is 0 Å². The molecule has 1 nitrogen and oxygen atoms in total. The molecule has 0 fully saturated rings. The SMILES string of the molecule is b1[c]cco1. The van der Waals surface area contributed by atoms with Gasteiger partial charge in [-0.3, -0.25) is 0 Å². The van der Waals surface area contributed by atoms with Gasteiger partial charge in [0, 0.05) is 0 Å². The molecular weight excluding hydrogens is 62.8 g/mol. The number of hydrogen-bond acceptors (Lipinski definition) is 1. The van der Waals surface area contributed by atoms with Gasteiger partial charge < -0.3 is 0 Å². The van der Waals surface area contributed by atoms with Crippen LogP contribution in [0.1, 0.15) is 0 Å². The van der Waals surface area contributed by atoms with Crippen LogP contribution in [-0.2, 0) is 0 Å². The maximum atomic E-state index is 4.53. The Labute approximate surface area is 30.9 Å². The van der Waals surface area contributed by atoms with Gasteiger partial charge in [-0.15, -0.1) is 0 Å². The van der Waals surface area contributed by atoms with Gasteiger partial charge in [0.25, 0.3) is 0 Å². The predicted molar refractivity (Wildman–Crippen MR) is 18.9 cm³/mol. The van der Waals surface area contributed by atoms with Crippen molar-refractivity contribution in [3.63, 3.8) is 0 Å². The zero-order valence-electron chi connectivity index (χ0n) is 2.64. The molecule has 1 aromatic rings. The van der Waals surface area contributed by atoms with Crippen LogP contribution < -0.4 is 0 Å². The maximum absolute atomic E-state index is 4.53. The molecule has 0 spiro atoms. The van der Waals surface area contributed by atoms with Gasteiger partial charge in [-0.2, -0.15) is 0 Å². The fraction of sp³-hybridized carbons (Fsp3) is 0. The van der Waals surface area contributed by atoms with E-state index in [1.165, 1.54) is 7.13 Å². The molecular formula is C3H2BO. The summed E-state index contributed by atoms with van der Waals surface area (Å²) >= 11 is 0. The first kappa shape index (κ1) is 2.70. The topological polar surface area (TPSA) is 13.1 Å². The first-order valence-electron chi connectivity index (χ1n) is 1.38. The third-order valence-electron chi connectivity index (χ3n) is 0.379. The van der Waals surface area contributed by atoms with Gasteiger partial charge in [-0.25, -0.2) is 0 Å². The van der Waals surface area contributed by atoms with Crippen LogP contribution in [0, 0.1) is 5.96 Å². The van der Waals surface area contributed by atoms with Crippen LogP contribution in [0.3, 0.4) is 0 Å². The van der Waals surface area contributed by atoms with Crippen LogP contribution in [0.4, 0.5) is 0 Å². The third-order valence-corrected chi connectivity index (χ3v) is 0.379. The molecule has 0 atom stereocenters. The Hall–Kier alpha value is -0.525. The molecule has 0 aliphatic heterocycles. The van der Waals surface area contributed by atoms with Gasteiger partial charge in [0.05, 0.1) is 0 Å². The van der Waals surface area contributed by atoms with E-state index in [-0.39, 0.29) is 0 Å². The Kier molecular flexibility index (Phi) is 0.574. The van der Waals surface area contributed by atoms with Crippen molar-refractivity contribution >= 4 is 7.13 Å². The molecule has 0 amide bonds. The Morgan fingerprint density at radius 3 is 3.00 bits per heavy atom. The minimum atomic E-state index is 1.50. The van der Waals surface area contributed by atoms with E-state index in [4.69, 9.17) is 0 Å². The van der Waals surface area contributed by atoms with E-state index in [2.05, 4.69) is 10.3 Å². The fourth-order valence-electron chi connectivity index (χ4n) is 0.196. The van der Waals surface area contributed by atoms with Crippen molar-refractivity contribution < 1.29 is 4.33 Å². The normalized spacial score (nSPS) is 7.20. The predicted octanol–water partition coefficient (Wildman–Crippen LogP) is 0.418. The summed E-state index contributed by atoms with van der Waals surface area (Å²) in [5, 5.41) is 0. The molecule has 23 valence electrons. The van der Waals surface area contributed by atoms with E-state index in [9.17, 15) is 0 Å². The summed E-state index contributed by atoms with van der Waals surface area (Å²) < 4.78 is 4.53. The summed E-state index contributed by atoms with van der Waals surface area (Å²) in [7, 11) is 1.50. The summed E-state index contributed by atoms with van der Waals surface area (Å²) in [6, 6.07) is 1.71. The summed E-state index contributed by atoms with van der Waals surface area (Å²) in [4.78, 5) is 0. The zero-order valence-corrected chi connectivity index (χ0v) is 2.64. The van der Waals surface area contributed by atoms with Gasteiger partial charge in [0.1, 0.15) is 0 Å². The van der Waals surface area contributed by atoms with Crippen molar-refractivity contribution in [1.29, 1.82) is 0 Å². The second-order valence-electron chi connectivity index (χ2n) is 0.723. The van der Waals surface area contributed by atoms with Crippen molar-refractivity contribution in [3.05, 3.63) is 18.3 Å². The van der Waals surface area contributed by atoms with E-state index in [1.54, 1.807) is 12.3 Å². The van der Waals surface area contributed by atoms with E-state index in [0.29, 0.717) is 0 Å². The summed E-state index contributed by atoms with van der Waals surface area (Å²) in [6.45, 7) is 0. The van der Waals surface area contributed by atoms with Crippen LogP contribution >= 0.6 is 0 Å². The molecule has 0 N–H and O–H groups in total. The van der Waals surface area contributed by atoms with Crippen LogP contribution in [0.2, 0.25) is 0 Å². The molecule has 1 heterocycles. The van der Waals surface area contributed by atoms with Crippen LogP contribution in [0.5, 0.6) is 0 Å². The molecule has 1 rings (SSSR count). The van der Waals surface area contributed by atoms with Gasteiger partial charge in [0.2, 0.25) is 0 Å². The van der Waals surface area contributed by atoms with E-state index in [0.717, 1.165) is 0 Å². The van der Waals surface area contributed by atoms with Gasteiger partial charge in [-0.05, 0) is 0 Å². The summed E-state index contributed by atoms with van der Waals surface area (Å²) in [5.41, 5.74) is 0. The van der Waals surface area contributed by atoms with Crippen LogP contribution in [-0.4, -0.2) is 7.13 Å². The molecule has 1 radical (unpaired) electrons. The number of hydrogen-bond donors (Lipinski definition) is 0. The number of rotatable bonds is 0. The molecule has 0 bridgehead atoms. The van der Waals surface area contributed by atoms with Crippen LogP contribution in [0.25, 0.3) is 0 Å². The van der Waals surface area contributed by atoms with Crippen molar-refractivity contribution in [2.45, 2.75) is 0 Å². The monoisotopic (exact) mass is 65.0 g/mol. The van der Waals surface area contributed by atoms with Gasteiger partial charge >= 0.3 is 29.7 Å². The Balaban J connectivity index is 3.13. The third kappa shape index (κ3) is 0.378. The molecule has 0 unspecified atom stereocenters. The van der Waals surface area contributed by atoms with E-state index >= 15 is 0 Å². The Bertz CT molecular complexity index is 63.4. The minimum absolute atomic E-state index is 1.50. The molecule has 0 aliphatic rings. The van der Waals surface area contributed by atoms with Crippen molar-refractivity contribution in [1.82, 2.24) is 0 Å². The average molecular weight is 64.9 g/mol. The molecule has 0 aliphatic carbocycles. The van der Waals surface area contributed by atoms with Gasteiger partial charge in [-0.1, -0.05) is 0 Å². The summed E-state index contributed by atoms with van der Waals surface area (Å²) in [5.74, 6) is 2.69. The average Bonchev–Trinajstić information content (AvgIpc) is 1.76. The first-order valence-corrected chi connectivity index (χ1v) is 1.38. The Morgan fingerprint density at radius 1 is 1.80 bits per heavy atom. The van der Waals surface area contributed by atoms with Gasteiger partial charge in [0.15, 0.2) is 0 Å². The Morgan fingerprint density at radius 2 is 2.80 bits per heavy atom. The second kappa shape index (κ2) is 1.06. The molecule has 5 heavy (non-hydrogen) atoms.